The molecule has 0 unspecified atom stereocenters. The number of carbonyl (C=O) groups excluding carboxylic acids is 2. The number of carbonyl (C=O) groups is 2. The Hall–Kier alpha value is -4.10. The molecule has 0 radical (unpaired) electrons. The van der Waals surface area contributed by atoms with Gasteiger partial charge in [0.05, 0.1) is 11.6 Å². The molecule has 2 heterocycles. The summed E-state index contributed by atoms with van der Waals surface area (Å²) in [5.41, 5.74) is 2.22. The maximum absolute atomic E-state index is 13.3. The largest absolute Gasteiger partial charge is 0.507 e. The van der Waals surface area contributed by atoms with Gasteiger partial charge >= 0.3 is 0 Å². The van der Waals surface area contributed by atoms with Crippen molar-refractivity contribution in [3.05, 3.63) is 95.1 Å². The number of amides is 1. The van der Waals surface area contributed by atoms with Crippen LogP contribution in [-0.4, -0.2) is 59.9 Å². The molecule has 190 valence electrons. The number of benzene rings is 3. The second-order valence-electron chi connectivity index (χ2n) is 9.74. The summed E-state index contributed by atoms with van der Waals surface area (Å²) in [4.78, 5) is 30.0. The van der Waals surface area contributed by atoms with Gasteiger partial charge in [0, 0.05) is 25.1 Å². The lowest BCUT2D eigenvalue weighted by Crippen LogP contribution is -2.35. The number of likely N-dealkylation sites (tertiary alicyclic amines) is 1. The maximum Gasteiger partial charge on any atom is 0.295 e. The van der Waals surface area contributed by atoms with Crippen molar-refractivity contribution >= 4 is 17.4 Å². The van der Waals surface area contributed by atoms with Gasteiger partial charge in [-0.15, -0.1) is 0 Å². The van der Waals surface area contributed by atoms with Crippen molar-refractivity contribution in [3.8, 4) is 17.2 Å². The fraction of sp³-hybridized carbons (Fsp3) is 0.267. The number of hydrogen-bond donors (Lipinski definition) is 1. The molecular formula is C30H30N2O5. The number of fused-ring (bicyclic) bond motifs is 1. The molecule has 0 saturated carbocycles. The lowest BCUT2D eigenvalue weighted by molar-refractivity contribution is -0.140. The van der Waals surface area contributed by atoms with Crippen LogP contribution >= 0.6 is 0 Å². The molecule has 1 amide bonds. The Morgan fingerprint density at radius 1 is 1.03 bits per heavy atom. The standard InChI is InChI=1S/C30H30N2O5/c1-19-16-22-17-21(12-13-25(22)36-19)28(33)26-27(32(15-14-31(2)3)30(35)29(26)34)20-8-7-11-24(18-20)37-23-9-5-4-6-10-23/h4-13,17-19,27,33H,14-16H2,1-3H3/t19-,27-/m0/s1. The van der Waals surface area contributed by atoms with Crippen molar-refractivity contribution in [2.45, 2.75) is 25.5 Å². The monoisotopic (exact) mass is 498 g/mol. The summed E-state index contributed by atoms with van der Waals surface area (Å²) in [7, 11) is 3.82. The van der Waals surface area contributed by atoms with Crippen molar-refractivity contribution in [2.24, 2.45) is 0 Å². The molecule has 1 saturated heterocycles. The molecule has 1 fully saturated rings. The van der Waals surface area contributed by atoms with Crippen molar-refractivity contribution in [3.63, 3.8) is 0 Å². The predicted octanol–water partition coefficient (Wildman–Crippen LogP) is 4.79. The zero-order valence-corrected chi connectivity index (χ0v) is 21.2. The lowest BCUT2D eigenvalue weighted by Gasteiger charge is -2.27. The van der Waals surface area contributed by atoms with E-state index in [1.165, 1.54) is 4.90 Å². The summed E-state index contributed by atoms with van der Waals surface area (Å²) >= 11 is 0. The van der Waals surface area contributed by atoms with Crippen LogP contribution < -0.4 is 9.47 Å². The highest BCUT2D eigenvalue weighted by atomic mass is 16.5. The third kappa shape index (κ3) is 4.95. The molecule has 2 aliphatic heterocycles. The van der Waals surface area contributed by atoms with Gasteiger partial charge in [-0.1, -0.05) is 30.3 Å². The van der Waals surface area contributed by atoms with Crippen LogP contribution in [0.4, 0.5) is 0 Å². The van der Waals surface area contributed by atoms with Gasteiger partial charge in [-0.3, -0.25) is 9.59 Å². The van der Waals surface area contributed by atoms with Gasteiger partial charge < -0.3 is 24.4 Å². The van der Waals surface area contributed by atoms with Crippen LogP contribution in [-0.2, 0) is 16.0 Å². The number of aliphatic hydroxyl groups is 1. The molecule has 0 bridgehead atoms. The average molecular weight is 499 g/mol. The molecule has 0 aliphatic carbocycles. The van der Waals surface area contributed by atoms with Crippen molar-refractivity contribution < 1.29 is 24.2 Å². The van der Waals surface area contributed by atoms with E-state index in [9.17, 15) is 14.7 Å². The fourth-order valence-electron chi connectivity index (χ4n) is 4.86. The number of rotatable bonds is 7. The van der Waals surface area contributed by atoms with Gasteiger partial charge in [0.1, 0.15) is 29.1 Å². The first-order valence-corrected chi connectivity index (χ1v) is 12.4. The minimum atomic E-state index is -0.747. The highest BCUT2D eigenvalue weighted by Crippen LogP contribution is 2.41. The Balaban J connectivity index is 1.58. The van der Waals surface area contributed by atoms with Crippen LogP contribution in [0.3, 0.4) is 0 Å². The van der Waals surface area contributed by atoms with E-state index < -0.39 is 17.7 Å². The number of para-hydroxylation sites is 1. The minimum Gasteiger partial charge on any atom is -0.507 e. The van der Waals surface area contributed by atoms with Crippen LogP contribution in [0, 0.1) is 0 Å². The van der Waals surface area contributed by atoms with Crippen molar-refractivity contribution in [1.82, 2.24) is 9.80 Å². The first-order valence-electron chi connectivity index (χ1n) is 12.4. The van der Waals surface area contributed by atoms with Crippen molar-refractivity contribution in [1.29, 1.82) is 0 Å². The minimum absolute atomic E-state index is 0.0522. The van der Waals surface area contributed by atoms with Gasteiger partial charge in [0.15, 0.2) is 0 Å². The first-order chi connectivity index (χ1) is 17.8. The zero-order chi connectivity index (χ0) is 26.1. The summed E-state index contributed by atoms with van der Waals surface area (Å²) in [6.07, 6.45) is 0.770. The van der Waals surface area contributed by atoms with Gasteiger partial charge in [-0.25, -0.2) is 0 Å². The quantitative estimate of drug-likeness (QED) is 0.287. The van der Waals surface area contributed by atoms with E-state index in [4.69, 9.17) is 9.47 Å². The normalized spacial score (nSPS) is 20.3. The van der Waals surface area contributed by atoms with E-state index >= 15 is 0 Å². The van der Waals surface area contributed by atoms with Crippen LogP contribution in [0.25, 0.3) is 5.76 Å². The summed E-state index contributed by atoms with van der Waals surface area (Å²) in [5, 5.41) is 11.4. The number of aliphatic hydroxyl groups excluding tert-OH is 1. The molecule has 0 spiro atoms. The van der Waals surface area contributed by atoms with Crippen LogP contribution in [0.1, 0.15) is 29.7 Å². The number of hydrogen-bond acceptors (Lipinski definition) is 6. The molecule has 7 nitrogen and oxygen atoms in total. The second kappa shape index (κ2) is 10.1. The zero-order valence-electron chi connectivity index (χ0n) is 21.2. The average Bonchev–Trinajstić information content (AvgIpc) is 3.38. The van der Waals surface area contributed by atoms with Crippen LogP contribution in [0.5, 0.6) is 17.2 Å². The van der Waals surface area contributed by atoms with Crippen LogP contribution in [0.15, 0.2) is 78.4 Å². The highest BCUT2D eigenvalue weighted by molar-refractivity contribution is 6.46. The molecule has 3 aromatic carbocycles. The van der Waals surface area contributed by atoms with E-state index in [0.29, 0.717) is 35.7 Å². The maximum atomic E-state index is 13.3. The fourth-order valence-corrected chi connectivity index (χ4v) is 4.86. The summed E-state index contributed by atoms with van der Waals surface area (Å²) < 4.78 is 11.8. The van der Waals surface area contributed by atoms with Gasteiger partial charge in [0.25, 0.3) is 11.7 Å². The smallest absolute Gasteiger partial charge is 0.295 e. The summed E-state index contributed by atoms with van der Waals surface area (Å²) in [6.45, 7) is 2.89. The molecule has 37 heavy (non-hydrogen) atoms. The molecule has 7 heteroatoms. The third-order valence-corrected chi connectivity index (χ3v) is 6.65. The molecule has 5 rings (SSSR count). The van der Waals surface area contributed by atoms with Gasteiger partial charge in [-0.05, 0) is 74.6 Å². The van der Waals surface area contributed by atoms with Gasteiger partial charge in [-0.2, -0.15) is 0 Å². The van der Waals surface area contributed by atoms with E-state index in [-0.39, 0.29) is 17.4 Å². The summed E-state index contributed by atoms with van der Waals surface area (Å²) in [6, 6.07) is 21.3. The van der Waals surface area contributed by atoms with E-state index in [0.717, 1.165) is 17.7 Å². The Morgan fingerprint density at radius 3 is 2.54 bits per heavy atom. The SMILES string of the molecule is C[C@H]1Cc2cc(C(O)=C3C(=O)C(=O)N(CCN(C)C)[C@H]3c3cccc(Oc4ccccc4)c3)ccc2O1. The lowest BCUT2D eigenvalue weighted by atomic mass is 9.94. The highest BCUT2D eigenvalue weighted by Gasteiger charge is 2.46. The van der Waals surface area contributed by atoms with Gasteiger partial charge in [0.2, 0.25) is 0 Å². The number of likely N-dealkylation sites (N-methyl/N-ethyl adjacent to an activating group) is 1. The van der Waals surface area contributed by atoms with E-state index in [1.54, 1.807) is 12.1 Å². The summed E-state index contributed by atoms with van der Waals surface area (Å²) in [5.74, 6) is 0.522. The number of ether oxygens (including phenoxy) is 2. The van der Waals surface area contributed by atoms with E-state index in [2.05, 4.69) is 0 Å². The molecule has 2 atom stereocenters. The number of Topliss-reactive ketones (excluding diaryl/α,β-unsaturated/α-hetero) is 1. The van der Waals surface area contributed by atoms with Crippen LogP contribution in [0.2, 0.25) is 0 Å². The topological polar surface area (TPSA) is 79.3 Å². The molecule has 1 N–H and O–H groups in total. The number of nitrogens with zero attached hydrogens (tertiary/aromatic N) is 2. The first kappa shape index (κ1) is 24.6. The molecule has 2 aliphatic rings. The molecule has 0 aromatic heterocycles. The Bertz CT molecular complexity index is 1370. The van der Waals surface area contributed by atoms with E-state index in [1.807, 2.05) is 86.6 Å². The third-order valence-electron chi connectivity index (χ3n) is 6.65. The Labute approximate surface area is 216 Å². The van der Waals surface area contributed by atoms with Crippen molar-refractivity contribution in [2.75, 3.05) is 27.2 Å². The molecule has 3 aromatic rings. The molecular weight excluding hydrogens is 468 g/mol. The Kier molecular flexibility index (Phi) is 6.72. The number of ketones is 1. The predicted molar refractivity (Wildman–Crippen MR) is 141 cm³/mol. The Morgan fingerprint density at radius 2 is 1.78 bits per heavy atom. The second-order valence-corrected chi connectivity index (χ2v) is 9.74.